The van der Waals surface area contributed by atoms with Crippen molar-refractivity contribution < 1.29 is 0 Å². The first kappa shape index (κ1) is 7.00. The summed E-state index contributed by atoms with van der Waals surface area (Å²) in [5.74, 6) is 2.65. The largest absolute Gasteiger partial charge is 0.361 e. The van der Waals surface area contributed by atoms with Gasteiger partial charge in [-0.1, -0.05) is 18.2 Å². The third-order valence-corrected chi connectivity index (χ3v) is 1.97. The third-order valence-electron chi connectivity index (χ3n) is 1.97. The Kier molecular flexibility index (Phi) is 1.60. The number of nitrogens with one attached hydrogen (secondary N) is 1. The topological polar surface area (TPSA) is 15.8 Å². The molecule has 0 aliphatic heterocycles. The molecule has 1 heteroatoms. The fourth-order valence-corrected chi connectivity index (χ4v) is 1.41. The van der Waals surface area contributed by atoms with Gasteiger partial charge in [0.1, 0.15) is 0 Å². The van der Waals surface area contributed by atoms with Crippen LogP contribution < -0.4 is 0 Å². The van der Waals surface area contributed by atoms with E-state index < -0.39 is 0 Å². The predicted octanol–water partition coefficient (Wildman–Crippen LogP) is 2.34. The van der Waals surface area contributed by atoms with Crippen molar-refractivity contribution in [3.63, 3.8) is 0 Å². The molecular formula is C11H9N. The molecule has 0 aliphatic carbocycles. The lowest BCUT2D eigenvalue weighted by Gasteiger charge is -1.96. The molecule has 0 radical (unpaired) electrons. The summed E-state index contributed by atoms with van der Waals surface area (Å²) in [4.78, 5) is 3.18. The molecule has 2 rings (SSSR count). The SMILES string of the molecule is C#CCc1cccc2cc[nH]c12. The van der Waals surface area contributed by atoms with E-state index in [-0.39, 0.29) is 0 Å². The molecule has 0 atom stereocenters. The Balaban J connectivity index is 2.67. The highest BCUT2D eigenvalue weighted by molar-refractivity contribution is 5.82. The van der Waals surface area contributed by atoms with Crippen LogP contribution in [0.4, 0.5) is 0 Å². The van der Waals surface area contributed by atoms with E-state index in [1.54, 1.807) is 0 Å². The summed E-state index contributed by atoms with van der Waals surface area (Å²) in [7, 11) is 0. The zero-order valence-electron chi connectivity index (χ0n) is 6.67. The van der Waals surface area contributed by atoms with Crippen molar-refractivity contribution in [3.8, 4) is 12.3 Å². The van der Waals surface area contributed by atoms with Gasteiger partial charge in [-0.15, -0.1) is 12.3 Å². The van der Waals surface area contributed by atoms with Crippen molar-refractivity contribution in [1.29, 1.82) is 0 Å². The number of terminal acetylenes is 1. The Morgan fingerprint density at radius 1 is 1.33 bits per heavy atom. The molecule has 0 saturated heterocycles. The minimum absolute atomic E-state index is 0.692. The number of aromatic amines is 1. The van der Waals surface area contributed by atoms with Crippen molar-refractivity contribution in [2.24, 2.45) is 0 Å². The van der Waals surface area contributed by atoms with Gasteiger partial charge in [0.25, 0.3) is 0 Å². The Bertz CT molecular complexity index is 431. The summed E-state index contributed by atoms with van der Waals surface area (Å²) in [5, 5.41) is 1.22. The Labute approximate surface area is 71.4 Å². The van der Waals surface area contributed by atoms with Crippen LogP contribution in [-0.4, -0.2) is 4.98 Å². The van der Waals surface area contributed by atoms with Gasteiger partial charge in [-0.2, -0.15) is 0 Å². The van der Waals surface area contributed by atoms with Crippen molar-refractivity contribution in [2.45, 2.75) is 6.42 Å². The van der Waals surface area contributed by atoms with Gasteiger partial charge in [0, 0.05) is 18.1 Å². The maximum atomic E-state index is 5.26. The average molecular weight is 155 g/mol. The highest BCUT2D eigenvalue weighted by Crippen LogP contribution is 2.16. The van der Waals surface area contributed by atoms with Crippen LogP contribution >= 0.6 is 0 Å². The van der Waals surface area contributed by atoms with E-state index in [1.165, 1.54) is 10.9 Å². The molecule has 2 aromatic rings. The second kappa shape index (κ2) is 2.75. The molecule has 1 heterocycles. The van der Waals surface area contributed by atoms with Crippen LogP contribution in [0.15, 0.2) is 30.5 Å². The van der Waals surface area contributed by atoms with Crippen LogP contribution in [0, 0.1) is 12.3 Å². The van der Waals surface area contributed by atoms with Gasteiger partial charge in [-0.05, 0) is 17.0 Å². The molecule has 0 saturated carbocycles. The number of para-hydroxylation sites is 1. The molecule has 0 amide bonds. The van der Waals surface area contributed by atoms with Gasteiger partial charge in [-0.3, -0.25) is 0 Å². The first-order valence-electron chi connectivity index (χ1n) is 3.90. The number of rotatable bonds is 1. The van der Waals surface area contributed by atoms with Gasteiger partial charge in [0.05, 0.1) is 0 Å². The van der Waals surface area contributed by atoms with E-state index in [9.17, 15) is 0 Å². The number of aromatic nitrogens is 1. The zero-order valence-corrected chi connectivity index (χ0v) is 6.67. The molecule has 1 N–H and O–H groups in total. The van der Waals surface area contributed by atoms with Crippen molar-refractivity contribution in [3.05, 3.63) is 36.0 Å². The summed E-state index contributed by atoms with van der Waals surface area (Å²) < 4.78 is 0. The van der Waals surface area contributed by atoms with Gasteiger partial charge in [0.15, 0.2) is 0 Å². The molecule has 0 fully saturated rings. The van der Waals surface area contributed by atoms with E-state index in [2.05, 4.69) is 29.1 Å². The number of fused-ring (bicyclic) bond motifs is 1. The zero-order chi connectivity index (χ0) is 8.39. The maximum Gasteiger partial charge on any atom is 0.0496 e. The molecule has 1 aromatic heterocycles. The molecule has 0 bridgehead atoms. The number of hydrogen-bond acceptors (Lipinski definition) is 0. The minimum Gasteiger partial charge on any atom is -0.361 e. The normalized spacial score (nSPS) is 9.92. The smallest absolute Gasteiger partial charge is 0.0496 e. The van der Waals surface area contributed by atoms with Crippen LogP contribution in [0.3, 0.4) is 0 Å². The first-order chi connectivity index (χ1) is 5.92. The number of hydrogen-bond donors (Lipinski definition) is 1. The fraction of sp³-hybridized carbons (Fsp3) is 0.0909. The standard InChI is InChI=1S/C11H9N/c1-2-4-9-5-3-6-10-7-8-12-11(9)10/h1,3,5-8,12H,4H2. The quantitative estimate of drug-likeness (QED) is 0.608. The molecule has 12 heavy (non-hydrogen) atoms. The third kappa shape index (κ3) is 0.981. The maximum absolute atomic E-state index is 5.26. The summed E-state index contributed by atoms with van der Waals surface area (Å²) in [6, 6.07) is 8.21. The molecule has 0 spiro atoms. The Hall–Kier alpha value is -1.68. The number of benzene rings is 1. The summed E-state index contributed by atoms with van der Waals surface area (Å²) >= 11 is 0. The minimum atomic E-state index is 0.692. The van der Waals surface area contributed by atoms with E-state index in [0.717, 1.165) is 5.52 Å². The van der Waals surface area contributed by atoms with Crippen molar-refractivity contribution in [2.75, 3.05) is 0 Å². The lowest BCUT2D eigenvalue weighted by atomic mass is 10.1. The van der Waals surface area contributed by atoms with E-state index >= 15 is 0 Å². The van der Waals surface area contributed by atoms with Crippen molar-refractivity contribution in [1.82, 2.24) is 4.98 Å². The summed E-state index contributed by atoms with van der Waals surface area (Å²) in [6.45, 7) is 0. The van der Waals surface area contributed by atoms with Gasteiger partial charge < -0.3 is 4.98 Å². The van der Waals surface area contributed by atoms with E-state index in [0.29, 0.717) is 6.42 Å². The van der Waals surface area contributed by atoms with Gasteiger partial charge >= 0.3 is 0 Å². The van der Waals surface area contributed by atoms with E-state index in [4.69, 9.17) is 6.42 Å². The van der Waals surface area contributed by atoms with Gasteiger partial charge in [0.2, 0.25) is 0 Å². The van der Waals surface area contributed by atoms with Gasteiger partial charge in [-0.25, -0.2) is 0 Å². The van der Waals surface area contributed by atoms with Crippen LogP contribution in [0.2, 0.25) is 0 Å². The van der Waals surface area contributed by atoms with Crippen LogP contribution in [-0.2, 0) is 6.42 Å². The number of H-pyrrole nitrogens is 1. The average Bonchev–Trinajstić information content (AvgIpc) is 2.53. The van der Waals surface area contributed by atoms with Crippen LogP contribution in [0.5, 0.6) is 0 Å². The highest BCUT2D eigenvalue weighted by atomic mass is 14.7. The van der Waals surface area contributed by atoms with E-state index in [1.807, 2.05) is 12.3 Å². The second-order valence-corrected chi connectivity index (χ2v) is 2.74. The first-order valence-corrected chi connectivity index (χ1v) is 3.90. The monoisotopic (exact) mass is 155 g/mol. The molecule has 58 valence electrons. The lowest BCUT2D eigenvalue weighted by molar-refractivity contribution is 1.32. The summed E-state index contributed by atoms with van der Waals surface area (Å²) in [5.41, 5.74) is 2.36. The molecular weight excluding hydrogens is 146 g/mol. The second-order valence-electron chi connectivity index (χ2n) is 2.74. The molecule has 0 unspecified atom stereocenters. The fourth-order valence-electron chi connectivity index (χ4n) is 1.41. The highest BCUT2D eigenvalue weighted by Gasteiger charge is 1.98. The van der Waals surface area contributed by atoms with Crippen molar-refractivity contribution >= 4 is 10.9 Å². The Morgan fingerprint density at radius 3 is 3.08 bits per heavy atom. The molecule has 1 nitrogen and oxygen atoms in total. The Morgan fingerprint density at radius 2 is 2.25 bits per heavy atom. The molecule has 1 aromatic carbocycles. The van der Waals surface area contributed by atoms with Crippen LogP contribution in [0.1, 0.15) is 5.56 Å². The summed E-state index contributed by atoms with van der Waals surface area (Å²) in [6.07, 6.45) is 7.88. The predicted molar refractivity (Wildman–Crippen MR) is 50.8 cm³/mol. The molecule has 0 aliphatic rings. The van der Waals surface area contributed by atoms with Crippen LogP contribution in [0.25, 0.3) is 10.9 Å². The lowest BCUT2D eigenvalue weighted by Crippen LogP contribution is -1.82.